The van der Waals surface area contributed by atoms with Gasteiger partial charge in [0, 0.05) is 6.42 Å². The van der Waals surface area contributed by atoms with Crippen LogP contribution in [0.5, 0.6) is 0 Å². The van der Waals surface area contributed by atoms with Gasteiger partial charge in [-0.05, 0) is 6.42 Å². The highest BCUT2D eigenvalue weighted by molar-refractivity contribution is 8.01. The third-order valence-electron chi connectivity index (χ3n) is 1.29. The van der Waals surface area contributed by atoms with Gasteiger partial charge < -0.3 is 5.11 Å². The van der Waals surface area contributed by atoms with Crippen LogP contribution in [-0.2, 0) is 10.1 Å². The normalized spacial score (nSPS) is 17.8. The zero-order valence-corrected chi connectivity index (χ0v) is 7.85. The molecule has 4 nitrogen and oxygen atoms in total. The number of aliphatic hydroxyl groups is 1. The maximum atomic E-state index is 10.4. The average Bonchev–Trinajstić information content (AvgIpc) is 1.85. The fourth-order valence-corrected chi connectivity index (χ4v) is 1.23. The predicted molar refractivity (Wildman–Crippen MR) is 45.2 cm³/mol. The fraction of sp³-hybridized carbons (Fsp3) is 1.00. The molecule has 0 aromatic carbocycles. The summed E-state index contributed by atoms with van der Waals surface area (Å²) in [5.74, 6) is 0. The maximum Gasteiger partial charge on any atom is 0.277 e. The van der Waals surface area contributed by atoms with Crippen LogP contribution in [0.15, 0.2) is 0 Å². The van der Waals surface area contributed by atoms with E-state index in [0.29, 0.717) is 6.42 Å². The third-order valence-corrected chi connectivity index (χ3v) is 3.18. The Balaban J connectivity index is 3.98. The molecule has 11 heavy (non-hydrogen) atoms. The van der Waals surface area contributed by atoms with Crippen LogP contribution in [-0.4, -0.2) is 28.8 Å². The van der Waals surface area contributed by atoms with E-state index in [1.165, 1.54) is 0 Å². The molecule has 6 heteroatoms. The van der Waals surface area contributed by atoms with Gasteiger partial charge in [0.25, 0.3) is 10.1 Å². The first kappa shape index (κ1) is 11.2. The van der Waals surface area contributed by atoms with Crippen molar-refractivity contribution < 1.29 is 18.1 Å². The van der Waals surface area contributed by atoms with Gasteiger partial charge in [0.05, 0.1) is 6.10 Å². The molecule has 0 aromatic rings. The van der Waals surface area contributed by atoms with E-state index in [1.807, 2.05) is 0 Å². The van der Waals surface area contributed by atoms with Crippen molar-refractivity contribution in [3.8, 4) is 0 Å². The van der Waals surface area contributed by atoms with Crippen molar-refractivity contribution in [3.05, 3.63) is 0 Å². The number of rotatable bonds is 4. The van der Waals surface area contributed by atoms with E-state index in [4.69, 9.17) is 9.66 Å². The molecule has 0 fully saturated rings. The molecule has 2 atom stereocenters. The van der Waals surface area contributed by atoms with Crippen LogP contribution in [0.3, 0.4) is 0 Å². The molecule has 2 N–H and O–H groups in total. The van der Waals surface area contributed by atoms with E-state index in [2.05, 4.69) is 12.6 Å². The summed E-state index contributed by atoms with van der Waals surface area (Å²) in [6.07, 6.45) is -0.315. The highest BCUT2D eigenvalue weighted by Gasteiger charge is 2.20. The summed E-state index contributed by atoms with van der Waals surface area (Å²) in [4.78, 5) is 0. The molecule has 2 unspecified atom stereocenters. The van der Waals surface area contributed by atoms with Crippen molar-refractivity contribution in [2.24, 2.45) is 0 Å². The van der Waals surface area contributed by atoms with Crippen LogP contribution in [0, 0.1) is 0 Å². The highest BCUT2D eigenvalue weighted by atomic mass is 32.3. The molecule has 68 valence electrons. The minimum atomic E-state index is -4.10. The van der Waals surface area contributed by atoms with Crippen LogP contribution < -0.4 is 0 Å². The summed E-state index contributed by atoms with van der Waals surface area (Å²) in [7, 11) is -4.10. The van der Waals surface area contributed by atoms with Crippen LogP contribution >= 0.6 is 12.6 Å². The Bertz CT molecular complexity index is 199. The molecule has 0 aliphatic carbocycles. The Morgan fingerprint density at radius 2 is 2.00 bits per heavy atom. The Hall–Kier alpha value is 0.220. The van der Waals surface area contributed by atoms with Gasteiger partial charge in [-0.1, -0.05) is 6.92 Å². The second-order valence-corrected chi connectivity index (χ2v) is 4.84. The van der Waals surface area contributed by atoms with Crippen LogP contribution in [0.2, 0.25) is 0 Å². The van der Waals surface area contributed by atoms with Crippen LogP contribution in [0.1, 0.15) is 19.8 Å². The number of thiol groups is 1. The van der Waals surface area contributed by atoms with E-state index in [1.54, 1.807) is 6.92 Å². The van der Waals surface area contributed by atoms with Crippen LogP contribution in [0.25, 0.3) is 0 Å². The average molecular weight is 200 g/mol. The summed E-state index contributed by atoms with van der Waals surface area (Å²) in [5.41, 5.74) is 0. The molecule has 0 aromatic heterocycles. The smallest absolute Gasteiger partial charge is 0.277 e. The summed E-state index contributed by atoms with van der Waals surface area (Å²) < 4.78 is 27.9. The first-order chi connectivity index (χ1) is 4.88. The Labute approximate surface area is 71.8 Å². The van der Waals surface area contributed by atoms with Crippen molar-refractivity contribution in [2.45, 2.75) is 30.5 Å². The minimum Gasteiger partial charge on any atom is -0.393 e. The zero-order chi connectivity index (χ0) is 9.07. The van der Waals surface area contributed by atoms with Gasteiger partial charge >= 0.3 is 0 Å². The number of hydrogen-bond donors (Lipinski definition) is 3. The lowest BCUT2D eigenvalue weighted by Gasteiger charge is -2.10. The molecule has 0 bridgehead atoms. The third kappa shape index (κ3) is 4.62. The largest absolute Gasteiger partial charge is 0.393 e. The predicted octanol–water partition coefficient (Wildman–Crippen LogP) is 0.291. The van der Waals surface area contributed by atoms with Gasteiger partial charge in [-0.2, -0.15) is 21.0 Å². The van der Waals surface area contributed by atoms with Crippen molar-refractivity contribution >= 4 is 22.7 Å². The lowest BCUT2D eigenvalue weighted by Crippen LogP contribution is -2.20. The Morgan fingerprint density at radius 1 is 1.55 bits per heavy atom. The molecular formula is C5H12O4S2. The summed E-state index contributed by atoms with van der Waals surface area (Å²) >= 11 is 3.61. The summed E-state index contributed by atoms with van der Waals surface area (Å²) in [6.45, 7) is 1.72. The summed E-state index contributed by atoms with van der Waals surface area (Å²) in [5, 5.41) is 8.97. The van der Waals surface area contributed by atoms with E-state index in [0.717, 1.165) is 0 Å². The molecule has 0 aliphatic rings. The van der Waals surface area contributed by atoms with Crippen molar-refractivity contribution in [3.63, 3.8) is 0 Å². The Kier molecular flexibility index (Phi) is 4.38. The van der Waals surface area contributed by atoms with Gasteiger partial charge in [-0.15, -0.1) is 0 Å². The van der Waals surface area contributed by atoms with Crippen molar-refractivity contribution in [2.75, 3.05) is 0 Å². The second kappa shape index (κ2) is 4.30. The molecule has 0 saturated carbocycles. The lowest BCUT2D eigenvalue weighted by molar-refractivity contribution is 0.164. The molecule has 0 amide bonds. The molecule has 0 radical (unpaired) electrons. The number of aliphatic hydroxyl groups excluding tert-OH is 1. The van der Waals surface area contributed by atoms with Gasteiger partial charge in [-0.3, -0.25) is 4.55 Å². The Morgan fingerprint density at radius 3 is 2.27 bits per heavy atom. The molecule has 0 rings (SSSR count). The van der Waals surface area contributed by atoms with Crippen molar-refractivity contribution in [1.29, 1.82) is 0 Å². The zero-order valence-electron chi connectivity index (χ0n) is 6.14. The van der Waals surface area contributed by atoms with Gasteiger partial charge in [-0.25, -0.2) is 0 Å². The lowest BCUT2D eigenvalue weighted by atomic mass is 10.2. The minimum absolute atomic E-state index is 0.0432. The van der Waals surface area contributed by atoms with Gasteiger partial charge in [0.2, 0.25) is 0 Å². The van der Waals surface area contributed by atoms with E-state index in [9.17, 15) is 8.42 Å². The van der Waals surface area contributed by atoms with E-state index >= 15 is 0 Å². The van der Waals surface area contributed by atoms with Crippen molar-refractivity contribution in [1.82, 2.24) is 0 Å². The van der Waals surface area contributed by atoms with E-state index < -0.39 is 20.8 Å². The number of hydrogen-bond acceptors (Lipinski definition) is 4. The molecule has 0 saturated heterocycles. The summed E-state index contributed by atoms with van der Waals surface area (Å²) in [6, 6.07) is 0. The molecule has 0 heterocycles. The standard InChI is InChI=1S/C5H12O4S2/c1-2-4(6)3-5(10)11(7,8)9/h4-6,10H,2-3H2,1H3,(H,7,8,9). The topological polar surface area (TPSA) is 74.6 Å². The SMILES string of the molecule is CCC(O)CC(S)S(=O)(=O)O. The monoisotopic (exact) mass is 200 g/mol. The molecule has 0 aliphatic heterocycles. The molecule has 0 spiro atoms. The van der Waals surface area contributed by atoms with E-state index in [-0.39, 0.29) is 6.42 Å². The van der Waals surface area contributed by atoms with Gasteiger partial charge in [0.15, 0.2) is 0 Å². The first-order valence-electron chi connectivity index (χ1n) is 3.20. The van der Waals surface area contributed by atoms with Crippen LogP contribution in [0.4, 0.5) is 0 Å². The van der Waals surface area contributed by atoms with Gasteiger partial charge in [0.1, 0.15) is 4.58 Å². The maximum absolute atomic E-state index is 10.4. The fourth-order valence-electron chi connectivity index (χ4n) is 0.521. The highest BCUT2D eigenvalue weighted by Crippen LogP contribution is 2.12. The second-order valence-electron chi connectivity index (χ2n) is 2.27. The first-order valence-corrected chi connectivity index (χ1v) is 5.22. The molecular weight excluding hydrogens is 188 g/mol. The quantitative estimate of drug-likeness (QED) is 0.450.